The minimum Gasteiger partial charge on any atom is -0.198 e. The van der Waals surface area contributed by atoms with E-state index in [0.717, 1.165) is 0 Å². The minimum atomic E-state index is -0.952. The molecule has 122 heavy (non-hydrogen) atoms. The molecule has 0 radical (unpaired) electrons. The molecule has 0 spiro atoms. The molecule has 30 nitrogen and oxygen atoms in total. The Kier molecular flexibility index (Phi) is 55.9. The fourth-order valence-electron chi connectivity index (χ4n) is 16.1. The van der Waals surface area contributed by atoms with Crippen LogP contribution in [0.15, 0.2) is 0 Å². The van der Waals surface area contributed by atoms with Crippen molar-refractivity contribution in [3.05, 3.63) is 0 Å². The van der Waals surface area contributed by atoms with Crippen molar-refractivity contribution in [2.45, 2.75) is 206 Å². The van der Waals surface area contributed by atoms with Gasteiger partial charge in [-0.3, -0.25) is 0 Å². The van der Waals surface area contributed by atoms with Crippen LogP contribution in [0.4, 0.5) is 0 Å². The highest BCUT2D eigenvalue weighted by atomic mass is 14.5. The van der Waals surface area contributed by atoms with Crippen LogP contribution in [-0.4, -0.2) is 0 Å². The van der Waals surface area contributed by atoms with Crippen LogP contribution in [0, 0.1) is 517 Å². The monoisotopic (exact) mass is 1620 g/mol. The molecule has 0 aromatic carbocycles. The second-order valence-electron chi connectivity index (χ2n) is 32.2. The smallest absolute Gasteiger partial charge is 0.0656 e. The average molecular weight is 1620 g/mol. The summed E-state index contributed by atoms with van der Waals surface area (Å²) in [7, 11) is 0. The molecule has 0 aliphatic heterocycles. The highest BCUT2D eigenvalue weighted by Gasteiger charge is 2.36. The summed E-state index contributed by atoms with van der Waals surface area (Å²) in [6, 6.07) is 63.4. The van der Waals surface area contributed by atoms with Gasteiger partial charge >= 0.3 is 0 Å². The number of nitriles is 30. The summed E-state index contributed by atoms with van der Waals surface area (Å²) in [5.41, 5.74) is 0. The van der Waals surface area contributed by atoms with Crippen LogP contribution in [0.5, 0.6) is 0 Å². The maximum atomic E-state index is 10.3. The average Bonchev–Trinajstić information content (AvgIpc) is 0.892. The molecule has 0 saturated carbocycles. The third kappa shape index (κ3) is 42.5. The van der Waals surface area contributed by atoms with E-state index in [2.05, 4.69) is 182 Å². The Balaban J connectivity index is 5.89. The Morgan fingerprint density at radius 3 is 0.230 bits per heavy atom. The van der Waals surface area contributed by atoms with Gasteiger partial charge in [0.1, 0.15) is 0 Å². The van der Waals surface area contributed by atoms with E-state index in [-0.39, 0.29) is 192 Å². The van der Waals surface area contributed by atoms with Gasteiger partial charge in [0.05, 0.1) is 182 Å². The largest absolute Gasteiger partial charge is 0.198 e. The molecule has 0 N–H and O–H groups in total. The van der Waals surface area contributed by atoms with E-state index in [1.165, 1.54) is 0 Å². The van der Waals surface area contributed by atoms with Gasteiger partial charge in [-0.15, -0.1) is 0 Å². The predicted octanol–water partition coefficient (Wildman–Crippen LogP) is 16.9. The van der Waals surface area contributed by atoms with E-state index in [9.17, 15) is 158 Å². The first-order valence-electron chi connectivity index (χ1n) is 40.7. The number of hydrogen-bond donors (Lipinski definition) is 0. The summed E-state index contributed by atoms with van der Waals surface area (Å²) in [5, 5.41) is 303. The Hall–Kier alpha value is -15.3. The van der Waals surface area contributed by atoms with Gasteiger partial charge in [-0.1, -0.05) is 6.92 Å². The van der Waals surface area contributed by atoms with Gasteiger partial charge in [0, 0.05) is 178 Å². The SMILES string of the molecule is CCC(C#N)CC(C#N)CC(C#N)CC(C#N)CC(C#N)CC(C#N)CC(C#N)CC(C#N)CC(C#N)CC(C#N)CC(C#N)CC(C#N)CC(C#N)CC(C#N)CC(C#N)CC(C#N)CC(C#N)CC(C#N)CC(C#N)CC(C#N)CC(C#N)CC(C#N)CC(C#N)CC(C#N)CC(C#N)CC(C#N)CC(C#N)CC(C#N)CC(C#N)CC(C)C#N. The minimum absolute atomic E-state index is 0.00542. The van der Waals surface area contributed by atoms with Crippen LogP contribution in [0.25, 0.3) is 0 Å². The lowest BCUT2D eigenvalue weighted by Gasteiger charge is -2.23. The summed E-state index contributed by atoms with van der Waals surface area (Å²) in [5.74, 6) is -25.1. The lowest BCUT2D eigenvalue weighted by molar-refractivity contribution is 0.314. The molecule has 0 aromatic heterocycles. The van der Waals surface area contributed by atoms with Crippen molar-refractivity contribution >= 4 is 0 Å². The van der Waals surface area contributed by atoms with Crippen LogP contribution >= 0.6 is 0 Å². The highest BCUT2D eigenvalue weighted by Crippen LogP contribution is 2.39. The van der Waals surface area contributed by atoms with E-state index >= 15 is 0 Å². The second-order valence-corrected chi connectivity index (χ2v) is 32.2. The molecule has 0 fully saturated rings. The maximum absolute atomic E-state index is 10.3. The number of nitrogens with zero attached hydrogens (tertiary/aromatic N) is 30. The maximum Gasteiger partial charge on any atom is 0.0656 e. The molecule has 30 heteroatoms. The molecular formula is C92H96N30. The molecule has 30 unspecified atom stereocenters. The number of hydrogen-bond acceptors (Lipinski definition) is 30. The molecule has 0 heterocycles. The van der Waals surface area contributed by atoms with Crippen molar-refractivity contribution < 1.29 is 0 Å². The summed E-state index contributed by atoms with van der Waals surface area (Å²) < 4.78 is 0. The molecule has 0 amide bonds. The Morgan fingerprint density at radius 2 is 0.172 bits per heavy atom. The van der Waals surface area contributed by atoms with Crippen molar-refractivity contribution in [1.82, 2.24) is 0 Å². The molecule has 30 atom stereocenters. The van der Waals surface area contributed by atoms with Crippen LogP contribution in [-0.2, 0) is 0 Å². The Morgan fingerprint density at radius 1 is 0.107 bits per heavy atom. The quantitative estimate of drug-likeness (QED) is 0.0546. The standard InChI is InChI=1S/C92H96N30/c1-3-64(34-94)5-66(36-96)7-68(38-98)9-70(40-100)11-72(42-102)13-74(44-104)15-76(46-106)17-78(48-108)19-80(50-110)21-82(52-112)23-84(54-114)25-86(56-116)27-88(58-118)29-90(60-120)31-92(62-122)32-91(61-121)30-89(59-119)28-87(57-117)26-85(55-115)24-83(53-113)22-81(51-111)20-79(49-109)18-77(47-107)16-75(45-105)14-73(43-103)12-71(41-101)10-69(39-99)8-67(37-97)6-65(35-95)4-63(2)33-93/h63-92H,3-32H2,1-2H3. The molecule has 0 aliphatic carbocycles. The molecule has 0 rings (SSSR count). The van der Waals surface area contributed by atoms with Gasteiger partial charge in [-0.25, -0.2) is 0 Å². The van der Waals surface area contributed by atoms with Crippen molar-refractivity contribution in [3.8, 4) is 182 Å². The topological polar surface area (TPSA) is 714 Å². The Bertz CT molecular complexity index is 4600. The van der Waals surface area contributed by atoms with Crippen LogP contribution in [0.3, 0.4) is 0 Å². The van der Waals surface area contributed by atoms with E-state index in [0.29, 0.717) is 6.42 Å². The molecule has 614 valence electrons. The van der Waals surface area contributed by atoms with E-state index in [4.69, 9.17) is 0 Å². The van der Waals surface area contributed by atoms with Gasteiger partial charge in [0.2, 0.25) is 0 Å². The van der Waals surface area contributed by atoms with Gasteiger partial charge in [0.25, 0.3) is 0 Å². The zero-order valence-electron chi connectivity index (χ0n) is 69.0. The summed E-state index contributed by atoms with van der Waals surface area (Å²) >= 11 is 0. The van der Waals surface area contributed by atoms with Crippen LogP contribution in [0.1, 0.15) is 206 Å². The second kappa shape index (κ2) is 63.9. The first kappa shape index (κ1) is 107. The van der Waals surface area contributed by atoms with E-state index in [1.54, 1.807) is 6.92 Å². The Labute approximate surface area is 720 Å². The van der Waals surface area contributed by atoms with Crippen molar-refractivity contribution in [2.75, 3.05) is 0 Å². The summed E-state index contributed by atoms with van der Waals surface area (Å²) in [4.78, 5) is 0. The zero-order chi connectivity index (χ0) is 91.7. The fraction of sp³-hybridized carbons (Fsp3) is 0.674. The summed E-state index contributed by atoms with van der Waals surface area (Å²) in [6.07, 6.45) is -0.489. The van der Waals surface area contributed by atoms with Gasteiger partial charge in [0.15, 0.2) is 0 Å². The van der Waals surface area contributed by atoms with Crippen LogP contribution in [0.2, 0.25) is 0 Å². The first-order chi connectivity index (χ1) is 58.8. The lowest BCUT2D eigenvalue weighted by Crippen LogP contribution is -2.19. The normalized spacial score (nSPS) is 17.5. The van der Waals surface area contributed by atoms with Gasteiger partial charge < -0.3 is 0 Å². The molecule has 0 aliphatic rings. The lowest BCUT2D eigenvalue weighted by atomic mass is 9.77. The highest BCUT2D eigenvalue weighted by molar-refractivity contribution is 5.10. The fourth-order valence-corrected chi connectivity index (χ4v) is 16.1. The summed E-state index contributed by atoms with van der Waals surface area (Å²) in [6.45, 7) is 3.47. The van der Waals surface area contributed by atoms with Crippen LogP contribution < -0.4 is 0 Å². The predicted molar refractivity (Wildman–Crippen MR) is 423 cm³/mol. The molecule has 0 aromatic rings. The third-order valence-electron chi connectivity index (χ3n) is 22.6. The van der Waals surface area contributed by atoms with E-state index in [1.807, 2.05) is 6.92 Å². The molecule has 0 saturated heterocycles. The number of rotatable bonds is 59. The van der Waals surface area contributed by atoms with Gasteiger partial charge in [-0.2, -0.15) is 158 Å². The van der Waals surface area contributed by atoms with Crippen molar-refractivity contribution in [2.24, 2.45) is 178 Å². The van der Waals surface area contributed by atoms with Crippen molar-refractivity contribution in [3.63, 3.8) is 0 Å². The van der Waals surface area contributed by atoms with Gasteiger partial charge in [-0.05, 0) is 200 Å². The van der Waals surface area contributed by atoms with Crippen molar-refractivity contribution in [1.29, 1.82) is 158 Å². The van der Waals surface area contributed by atoms with E-state index < -0.39 is 172 Å². The first-order valence-corrected chi connectivity index (χ1v) is 40.7. The third-order valence-corrected chi connectivity index (χ3v) is 22.6. The zero-order valence-corrected chi connectivity index (χ0v) is 69.0. The molecular weight excluding hydrogens is 1530 g/mol. The molecule has 0 bridgehead atoms.